The normalized spacial score (nSPS) is 14.2. The van der Waals surface area contributed by atoms with E-state index in [4.69, 9.17) is 4.74 Å². The van der Waals surface area contributed by atoms with Crippen molar-refractivity contribution in [1.82, 2.24) is 35.8 Å². The number of hydrogen-bond donors (Lipinski definition) is 3. The molecular weight excluding hydrogens is 465 g/mol. The van der Waals surface area contributed by atoms with Crippen LogP contribution in [0.1, 0.15) is 50.1 Å². The number of benzene rings is 2. The van der Waals surface area contributed by atoms with Gasteiger partial charge >= 0.3 is 0 Å². The molecule has 1 aliphatic rings. The fourth-order valence-electron chi connectivity index (χ4n) is 4.18. The Bertz CT molecular complexity index is 1430. The molecule has 0 radical (unpaired) electrons. The Hall–Kier alpha value is -4.67. The van der Waals surface area contributed by atoms with Gasteiger partial charge in [-0.25, -0.2) is 19.3 Å². The molecule has 4 aromatic rings. The van der Waals surface area contributed by atoms with E-state index >= 15 is 0 Å². The van der Waals surface area contributed by atoms with E-state index in [0.29, 0.717) is 11.4 Å². The summed E-state index contributed by atoms with van der Waals surface area (Å²) in [6, 6.07) is 11.5. The summed E-state index contributed by atoms with van der Waals surface area (Å²) in [6.07, 6.45) is 4.20. The lowest BCUT2D eigenvalue weighted by molar-refractivity contribution is 0.0931. The van der Waals surface area contributed by atoms with Crippen molar-refractivity contribution in [3.63, 3.8) is 0 Å². The van der Waals surface area contributed by atoms with Gasteiger partial charge in [-0.2, -0.15) is 5.10 Å². The Labute approximate surface area is 205 Å². The molecule has 2 amide bonds. The van der Waals surface area contributed by atoms with Crippen LogP contribution < -0.4 is 15.4 Å². The van der Waals surface area contributed by atoms with Crippen molar-refractivity contribution >= 4 is 11.8 Å². The smallest absolute Gasteiger partial charge is 0.270 e. The summed E-state index contributed by atoms with van der Waals surface area (Å²) in [6.45, 7) is 0.135. The minimum absolute atomic E-state index is 0.0488. The molecule has 182 valence electrons. The van der Waals surface area contributed by atoms with Crippen LogP contribution in [0.3, 0.4) is 0 Å². The molecule has 0 saturated carbocycles. The monoisotopic (exact) mass is 487 g/mol. The first-order chi connectivity index (χ1) is 17.5. The fourth-order valence-corrected chi connectivity index (χ4v) is 4.18. The number of hydrogen-bond acceptors (Lipinski definition) is 7. The molecule has 36 heavy (non-hydrogen) atoms. The van der Waals surface area contributed by atoms with Gasteiger partial charge in [0.25, 0.3) is 11.8 Å². The zero-order valence-electron chi connectivity index (χ0n) is 19.3. The molecule has 2 aromatic heterocycles. The third-order valence-electron chi connectivity index (χ3n) is 6.02. The number of aromatic nitrogens is 5. The van der Waals surface area contributed by atoms with Gasteiger partial charge in [-0.05, 0) is 47.7 Å². The van der Waals surface area contributed by atoms with E-state index in [2.05, 4.69) is 35.8 Å². The van der Waals surface area contributed by atoms with Gasteiger partial charge in [0.1, 0.15) is 24.0 Å². The van der Waals surface area contributed by atoms with Crippen molar-refractivity contribution < 1.29 is 18.7 Å². The topological polar surface area (TPSA) is 135 Å². The third-order valence-corrected chi connectivity index (χ3v) is 6.02. The second-order valence-electron chi connectivity index (χ2n) is 8.25. The number of fused-ring (bicyclic) bond motifs is 1. The summed E-state index contributed by atoms with van der Waals surface area (Å²) in [5.74, 6) is -0.590. The fraction of sp³-hybridized carbons (Fsp3) is 0.200. The van der Waals surface area contributed by atoms with Gasteiger partial charge in [-0.3, -0.25) is 14.7 Å². The van der Waals surface area contributed by atoms with Crippen molar-refractivity contribution in [2.24, 2.45) is 0 Å². The maximum Gasteiger partial charge on any atom is 0.270 e. The number of aryl methyl sites for hydroxylation is 1. The molecule has 2 heterocycles. The molecule has 0 bridgehead atoms. The predicted octanol–water partition coefficient (Wildman–Crippen LogP) is 2.76. The summed E-state index contributed by atoms with van der Waals surface area (Å²) in [5.41, 5.74) is 3.89. The first-order valence-electron chi connectivity index (χ1n) is 11.2. The van der Waals surface area contributed by atoms with Crippen molar-refractivity contribution in [3.8, 4) is 17.1 Å². The SMILES string of the molecule is COc1cc(CNC(=O)c2cc(C(=O)N[C@H]3CCc4cc(-c5ncn[nH]5)ccc43)ncn2)ccc1F. The van der Waals surface area contributed by atoms with Gasteiger partial charge in [0.2, 0.25) is 0 Å². The molecular formula is C25H22FN7O3. The van der Waals surface area contributed by atoms with Gasteiger partial charge < -0.3 is 15.4 Å². The second kappa shape index (κ2) is 9.90. The number of carbonyl (C=O) groups excluding carboxylic acids is 2. The minimum Gasteiger partial charge on any atom is -0.494 e. The number of halogens is 1. The first kappa shape index (κ1) is 23.1. The van der Waals surface area contributed by atoms with Crippen LogP contribution in [0.2, 0.25) is 0 Å². The van der Waals surface area contributed by atoms with Crippen molar-refractivity contribution in [3.05, 3.63) is 89.0 Å². The molecule has 3 N–H and O–H groups in total. The number of amides is 2. The minimum atomic E-state index is -0.487. The van der Waals surface area contributed by atoms with Gasteiger partial charge in [0, 0.05) is 18.2 Å². The number of rotatable bonds is 7. The Balaban J connectivity index is 1.23. The maximum absolute atomic E-state index is 13.6. The van der Waals surface area contributed by atoms with E-state index in [1.54, 1.807) is 6.07 Å². The van der Waals surface area contributed by atoms with Crippen LogP contribution in [-0.2, 0) is 13.0 Å². The van der Waals surface area contributed by atoms with E-state index in [0.717, 1.165) is 29.5 Å². The molecule has 11 heteroatoms. The zero-order valence-corrected chi connectivity index (χ0v) is 19.3. The van der Waals surface area contributed by atoms with Crippen LogP contribution in [0.5, 0.6) is 5.75 Å². The van der Waals surface area contributed by atoms with E-state index in [-0.39, 0.29) is 29.7 Å². The van der Waals surface area contributed by atoms with Crippen LogP contribution in [0.4, 0.5) is 4.39 Å². The Morgan fingerprint density at radius 3 is 2.67 bits per heavy atom. The highest BCUT2D eigenvalue weighted by Crippen LogP contribution is 2.33. The number of carbonyl (C=O) groups is 2. The number of nitrogens with zero attached hydrogens (tertiary/aromatic N) is 4. The molecule has 2 aromatic carbocycles. The average molecular weight is 487 g/mol. The lowest BCUT2D eigenvalue weighted by Crippen LogP contribution is -2.29. The quantitative estimate of drug-likeness (QED) is 0.365. The van der Waals surface area contributed by atoms with E-state index < -0.39 is 17.6 Å². The third kappa shape index (κ3) is 4.76. The number of methoxy groups -OCH3 is 1. The number of ether oxygens (including phenoxy) is 1. The van der Waals surface area contributed by atoms with Crippen molar-refractivity contribution in [2.75, 3.05) is 7.11 Å². The van der Waals surface area contributed by atoms with Crippen LogP contribution in [0, 0.1) is 5.82 Å². The summed E-state index contributed by atoms with van der Waals surface area (Å²) in [5, 5.41) is 12.4. The molecule has 0 fully saturated rings. The molecule has 0 saturated heterocycles. The number of nitrogens with one attached hydrogen (secondary N) is 3. The first-order valence-corrected chi connectivity index (χ1v) is 11.2. The second-order valence-corrected chi connectivity index (χ2v) is 8.25. The average Bonchev–Trinajstić information content (AvgIpc) is 3.58. The van der Waals surface area contributed by atoms with Crippen LogP contribution in [0.25, 0.3) is 11.4 Å². The van der Waals surface area contributed by atoms with Gasteiger partial charge in [-0.15, -0.1) is 0 Å². The molecule has 1 aliphatic carbocycles. The van der Waals surface area contributed by atoms with E-state index in [1.165, 1.54) is 38.0 Å². The highest BCUT2D eigenvalue weighted by atomic mass is 19.1. The lowest BCUT2D eigenvalue weighted by Gasteiger charge is -2.14. The summed E-state index contributed by atoms with van der Waals surface area (Å²) < 4.78 is 18.5. The summed E-state index contributed by atoms with van der Waals surface area (Å²) in [4.78, 5) is 37.7. The summed E-state index contributed by atoms with van der Waals surface area (Å²) >= 11 is 0. The molecule has 0 aliphatic heterocycles. The molecule has 0 spiro atoms. The molecule has 5 rings (SSSR count). The zero-order chi connectivity index (χ0) is 25.1. The standard InChI is InChI=1S/C25H22FN7O3/c1-36-22-8-14(2-6-18(22)26)11-27-24(34)20-10-21(29-12-28-20)25(35)32-19-7-4-15-9-16(3-5-17(15)19)23-30-13-31-33-23/h2-3,5-6,8-10,12-13,19H,4,7,11H2,1H3,(H,27,34)(H,32,35)(H,30,31,33)/t19-/m0/s1. The maximum atomic E-state index is 13.6. The van der Waals surface area contributed by atoms with Crippen LogP contribution in [-0.4, -0.2) is 44.1 Å². The van der Waals surface area contributed by atoms with Crippen LogP contribution in [0.15, 0.2) is 55.1 Å². The van der Waals surface area contributed by atoms with Crippen molar-refractivity contribution in [2.45, 2.75) is 25.4 Å². The van der Waals surface area contributed by atoms with Gasteiger partial charge in [-0.1, -0.05) is 18.2 Å². The Morgan fingerprint density at radius 2 is 1.89 bits per heavy atom. The molecule has 0 unspecified atom stereocenters. The Morgan fingerprint density at radius 1 is 1.06 bits per heavy atom. The summed E-state index contributed by atoms with van der Waals surface area (Å²) in [7, 11) is 1.37. The van der Waals surface area contributed by atoms with E-state index in [9.17, 15) is 14.0 Å². The number of aromatic amines is 1. The largest absolute Gasteiger partial charge is 0.494 e. The highest BCUT2D eigenvalue weighted by molar-refractivity contribution is 5.97. The predicted molar refractivity (Wildman–Crippen MR) is 127 cm³/mol. The van der Waals surface area contributed by atoms with E-state index in [1.807, 2.05) is 18.2 Å². The molecule has 10 nitrogen and oxygen atoms in total. The van der Waals surface area contributed by atoms with Gasteiger partial charge in [0.15, 0.2) is 17.4 Å². The Kier molecular flexibility index (Phi) is 6.35. The van der Waals surface area contributed by atoms with Gasteiger partial charge in [0.05, 0.1) is 13.2 Å². The highest BCUT2D eigenvalue weighted by Gasteiger charge is 2.26. The molecule has 1 atom stereocenters. The van der Waals surface area contributed by atoms with Crippen molar-refractivity contribution in [1.29, 1.82) is 0 Å². The lowest BCUT2D eigenvalue weighted by atomic mass is 10.0. The van der Waals surface area contributed by atoms with Crippen LogP contribution >= 0.6 is 0 Å². The number of H-pyrrole nitrogens is 1.